The minimum absolute atomic E-state index is 0.227. The Kier molecular flexibility index (Phi) is 4.57. The van der Waals surface area contributed by atoms with Crippen molar-refractivity contribution < 1.29 is 4.79 Å². The lowest BCUT2D eigenvalue weighted by Crippen LogP contribution is -2.17. The summed E-state index contributed by atoms with van der Waals surface area (Å²) in [6, 6.07) is 21.3. The highest BCUT2D eigenvalue weighted by molar-refractivity contribution is 5.95. The first kappa shape index (κ1) is 15.7. The number of carbonyl (C=O) groups is 1. The van der Waals surface area contributed by atoms with Gasteiger partial charge in [-0.3, -0.25) is 4.79 Å². The molecule has 0 aliphatic carbocycles. The van der Waals surface area contributed by atoms with Crippen LogP contribution in [0.25, 0.3) is 5.69 Å². The van der Waals surface area contributed by atoms with Crippen molar-refractivity contribution in [1.29, 1.82) is 0 Å². The lowest BCUT2D eigenvalue weighted by atomic mass is 10.2. The summed E-state index contributed by atoms with van der Waals surface area (Å²) in [6.45, 7) is 4.12. The lowest BCUT2D eigenvalue weighted by Gasteiger charge is -2.10. The molecule has 24 heavy (non-hydrogen) atoms. The Morgan fingerprint density at radius 2 is 1.54 bits per heavy atom. The summed E-state index contributed by atoms with van der Waals surface area (Å²) < 4.78 is 2.15. The first-order valence-electron chi connectivity index (χ1n) is 7.79. The normalized spacial score (nSPS) is 10.9. The van der Waals surface area contributed by atoms with Crippen LogP contribution in [0, 0.1) is 13.8 Å². The van der Waals surface area contributed by atoms with Gasteiger partial charge in [0.2, 0.25) is 0 Å². The maximum atomic E-state index is 12.1. The Balaban J connectivity index is 1.69. The van der Waals surface area contributed by atoms with Gasteiger partial charge in [0.05, 0.1) is 6.21 Å². The van der Waals surface area contributed by atoms with E-state index in [4.69, 9.17) is 0 Å². The molecular formula is C20H19N3O. The number of nitrogens with one attached hydrogen (secondary N) is 1. The molecule has 0 fully saturated rings. The number of hydrogen-bond donors (Lipinski definition) is 1. The van der Waals surface area contributed by atoms with Gasteiger partial charge in [-0.15, -0.1) is 0 Å². The van der Waals surface area contributed by atoms with Gasteiger partial charge in [0.15, 0.2) is 0 Å². The fourth-order valence-corrected chi connectivity index (χ4v) is 2.61. The van der Waals surface area contributed by atoms with Gasteiger partial charge >= 0.3 is 0 Å². The average Bonchev–Trinajstić information content (AvgIpc) is 2.94. The predicted octanol–water partition coefficient (Wildman–Crippen LogP) is 3.86. The zero-order valence-electron chi connectivity index (χ0n) is 13.7. The maximum Gasteiger partial charge on any atom is 0.271 e. The predicted molar refractivity (Wildman–Crippen MR) is 96.7 cm³/mol. The first-order valence-corrected chi connectivity index (χ1v) is 7.79. The molecule has 0 radical (unpaired) electrons. The summed E-state index contributed by atoms with van der Waals surface area (Å²) in [7, 11) is 0. The third-order valence-electron chi connectivity index (χ3n) is 3.84. The number of carbonyl (C=O) groups excluding carboxylic acids is 1. The quantitative estimate of drug-likeness (QED) is 0.576. The highest BCUT2D eigenvalue weighted by atomic mass is 16.2. The molecule has 0 unspecified atom stereocenters. The lowest BCUT2D eigenvalue weighted by molar-refractivity contribution is 0.0955. The second-order valence-corrected chi connectivity index (χ2v) is 5.61. The number of benzene rings is 2. The molecule has 0 aliphatic heterocycles. The van der Waals surface area contributed by atoms with Crippen LogP contribution in [-0.4, -0.2) is 16.7 Å². The number of nitrogens with zero attached hydrogens (tertiary/aromatic N) is 2. The molecule has 0 bridgehead atoms. The van der Waals surface area contributed by atoms with Crippen molar-refractivity contribution in [3.63, 3.8) is 0 Å². The van der Waals surface area contributed by atoms with E-state index in [1.165, 1.54) is 0 Å². The molecule has 1 heterocycles. The molecule has 4 nitrogen and oxygen atoms in total. The molecular weight excluding hydrogens is 298 g/mol. The van der Waals surface area contributed by atoms with Crippen molar-refractivity contribution in [2.24, 2.45) is 5.10 Å². The number of aryl methyl sites for hydroxylation is 2. The molecule has 1 aromatic heterocycles. The molecule has 0 aliphatic rings. The minimum atomic E-state index is -0.227. The number of hydrazone groups is 1. The van der Waals surface area contributed by atoms with E-state index >= 15 is 0 Å². The summed E-state index contributed by atoms with van der Waals surface area (Å²) >= 11 is 0. The summed E-state index contributed by atoms with van der Waals surface area (Å²) in [5.41, 5.74) is 7.43. The van der Waals surface area contributed by atoms with Crippen molar-refractivity contribution in [3.8, 4) is 5.69 Å². The van der Waals surface area contributed by atoms with Crippen molar-refractivity contribution >= 4 is 12.1 Å². The van der Waals surface area contributed by atoms with E-state index in [1.54, 1.807) is 6.21 Å². The van der Waals surface area contributed by atoms with E-state index in [0.29, 0.717) is 5.56 Å². The third kappa shape index (κ3) is 3.43. The van der Waals surface area contributed by atoms with Gasteiger partial charge in [-0.05, 0) is 55.8 Å². The van der Waals surface area contributed by atoms with E-state index in [2.05, 4.69) is 41.1 Å². The molecule has 120 valence electrons. The largest absolute Gasteiger partial charge is 0.319 e. The fourth-order valence-electron chi connectivity index (χ4n) is 2.61. The smallest absolute Gasteiger partial charge is 0.271 e. The molecule has 1 N–H and O–H groups in total. The third-order valence-corrected chi connectivity index (χ3v) is 3.84. The summed E-state index contributed by atoms with van der Waals surface area (Å²) in [5, 5.41) is 3.99. The van der Waals surface area contributed by atoms with Gasteiger partial charge in [0, 0.05) is 22.6 Å². The van der Waals surface area contributed by atoms with Crippen LogP contribution in [0.5, 0.6) is 0 Å². The van der Waals surface area contributed by atoms with E-state index in [9.17, 15) is 4.79 Å². The second-order valence-electron chi connectivity index (χ2n) is 5.61. The van der Waals surface area contributed by atoms with Gasteiger partial charge in [-0.25, -0.2) is 5.43 Å². The Morgan fingerprint density at radius 3 is 2.17 bits per heavy atom. The Morgan fingerprint density at radius 1 is 0.917 bits per heavy atom. The Bertz CT molecular complexity index is 842. The van der Waals surface area contributed by atoms with Gasteiger partial charge in [0.25, 0.3) is 5.91 Å². The van der Waals surface area contributed by atoms with Gasteiger partial charge in [-0.1, -0.05) is 30.3 Å². The number of rotatable bonds is 4. The van der Waals surface area contributed by atoms with Gasteiger partial charge in [-0.2, -0.15) is 5.10 Å². The van der Waals surface area contributed by atoms with Crippen molar-refractivity contribution in [2.45, 2.75) is 13.8 Å². The molecule has 4 heteroatoms. The van der Waals surface area contributed by atoms with Crippen molar-refractivity contribution in [3.05, 3.63) is 89.2 Å². The Labute approximate surface area is 141 Å². The number of amides is 1. The van der Waals surface area contributed by atoms with Crippen LogP contribution in [0.1, 0.15) is 27.3 Å². The van der Waals surface area contributed by atoms with E-state index in [-0.39, 0.29) is 5.91 Å². The average molecular weight is 317 g/mol. The molecule has 0 saturated carbocycles. The van der Waals surface area contributed by atoms with Crippen molar-refractivity contribution in [2.75, 3.05) is 0 Å². The van der Waals surface area contributed by atoms with E-state index in [0.717, 1.165) is 22.6 Å². The summed E-state index contributed by atoms with van der Waals surface area (Å²) in [5.74, 6) is -0.227. The Hall–Kier alpha value is -3.14. The molecule has 0 spiro atoms. The van der Waals surface area contributed by atoms with E-state index < -0.39 is 0 Å². The van der Waals surface area contributed by atoms with Crippen LogP contribution in [-0.2, 0) is 0 Å². The summed E-state index contributed by atoms with van der Waals surface area (Å²) in [6.07, 6.45) is 1.62. The van der Waals surface area contributed by atoms with Crippen LogP contribution >= 0.6 is 0 Å². The molecule has 3 rings (SSSR count). The van der Waals surface area contributed by atoms with E-state index in [1.807, 2.05) is 54.6 Å². The topological polar surface area (TPSA) is 46.4 Å². The first-order chi connectivity index (χ1) is 11.6. The fraction of sp³-hybridized carbons (Fsp3) is 0.100. The van der Waals surface area contributed by atoms with Crippen LogP contribution < -0.4 is 5.43 Å². The minimum Gasteiger partial charge on any atom is -0.319 e. The molecule has 3 aromatic rings. The second kappa shape index (κ2) is 6.96. The zero-order chi connectivity index (χ0) is 16.9. The van der Waals surface area contributed by atoms with Crippen LogP contribution in [0.3, 0.4) is 0 Å². The van der Waals surface area contributed by atoms with Gasteiger partial charge < -0.3 is 4.57 Å². The number of aromatic nitrogens is 1. The molecule has 1 amide bonds. The van der Waals surface area contributed by atoms with Crippen LogP contribution in [0.4, 0.5) is 0 Å². The maximum absolute atomic E-state index is 12.1. The molecule has 0 saturated heterocycles. The monoisotopic (exact) mass is 317 g/mol. The SMILES string of the molecule is Cc1ccc(C)n1-c1ccc(C(=O)N/N=C/c2ccccc2)cc1. The zero-order valence-corrected chi connectivity index (χ0v) is 13.7. The van der Waals surface area contributed by atoms with Crippen LogP contribution in [0.2, 0.25) is 0 Å². The highest BCUT2D eigenvalue weighted by Crippen LogP contribution is 2.16. The molecule has 0 atom stereocenters. The standard InChI is InChI=1S/C20H19N3O/c1-15-8-9-16(2)23(15)19-12-10-18(11-13-19)20(24)22-21-14-17-6-4-3-5-7-17/h3-14H,1-2H3,(H,22,24)/b21-14+. The van der Waals surface area contributed by atoms with Gasteiger partial charge in [0.1, 0.15) is 0 Å². The molecule has 2 aromatic carbocycles. The summed E-state index contributed by atoms with van der Waals surface area (Å²) in [4.78, 5) is 12.1. The number of hydrogen-bond acceptors (Lipinski definition) is 2. The highest BCUT2D eigenvalue weighted by Gasteiger charge is 2.07. The van der Waals surface area contributed by atoms with Crippen LogP contribution in [0.15, 0.2) is 71.8 Å². The van der Waals surface area contributed by atoms with Crippen molar-refractivity contribution in [1.82, 2.24) is 9.99 Å².